The Balaban J connectivity index is 1.44. The maximum absolute atomic E-state index is 12.8. The normalized spacial score (nSPS) is 12.9. The number of nitrogens with one attached hydrogen (secondary N) is 2. The van der Waals surface area contributed by atoms with Gasteiger partial charge in [-0.05, 0) is 53.8 Å². The molecular formula is C27H25BrN2O5. The molecule has 0 saturated heterocycles. The van der Waals surface area contributed by atoms with Crippen LogP contribution in [0.3, 0.4) is 0 Å². The van der Waals surface area contributed by atoms with Crippen molar-refractivity contribution >= 4 is 39.6 Å². The second-order valence-corrected chi connectivity index (χ2v) is 9.36. The van der Waals surface area contributed by atoms with Gasteiger partial charge >= 0.3 is 12.1 Å². The Morgan fingerprint density at radius 2 is 1.63 bits per heavy atom. The van der Waals surface area contributed by atoms with Gasteiger partial charge in [0.1, 0.15) is 6.61 Å². The number of hydrogen-bond donors (Lipinski definition) is 3. The summed E-state index contributed by atoms with van der Waals surface area (Å²) in [5, 5.41) is 14.3. The quantitative estimate of drug-likeness (QED) is 0.337. The number of carbonyl (C=O) groups is 3. The van der Waals surface area contributed by atoms with Gasteiger partial charge in [0.05, 0.1) is 11.3 Å². The van der Waals surface area contributed by atoms with E-state index in [-0.39, 0.29) is 30.6 Å². The third-order valence-electron chi connectivity index (χ3n) is 5.98. The number of rotatable bonds is 8. The summed E-state index contributed by atoms with van der Waals surface area (Å²) in [4.78, 5) is 36.3. The van der Waals surface area contributed by atoms with Gasteiger partial charge in [0.15, 0.2) is 0 Å². The number of benzene rings is 3. The standard InChI is InChI=1S/C27H25BrN2O5/c1-16(10-13-25(31)32)29-26(33)22-12-11-17(28)14-24(22)30-27(34)35-15-23-20-8-4-2-6-18(20)19-7-3-5-9-21(19)23/h2-9,11-12,14,16,23H,10,13,15H2,1H3,(H,29,33)(H,30,34)(H,31,32). The lowest BCUT2D eigenvalue weighted by Crippen LogP contribution is -2.33. The second kappa shape index (κ2) is 10.7. The number of aliphatic carboxylic acids is 1. The first-order valence-electron chi connectivity index (χ1n) is 11.3. The van der Waals surface area contributed by atoms with Gasteiger partial charge < -0.3 is 15.2 Å². The topological polar surface area (TPSA) is 105 Å². The van der Waals surface area contributed by atoms with Crippen molar-refractivity contribution < 1.29 is 24.2 Å². The lowest BCUT2D eigenvalue weighted by Gasteiger charge is -2.17. The van der Waals surface area contributed by atoms with Crippen LogP contribution in [0.15, 0.2) is 71.2 Å². The lowest BCUT2D eigenvalue weighted by molar-refractivity contribution is -0.137. The maximum Gasteiger partial charge on any atom is 0.411 e. The highest BCUT2D eigenvalue weighted by Crippen LogP contribution is 2.44. The first kappa shape index (κ1) is 24.5. The van der Waals surface area contributed by atoms with E-state index >= 15 is 0 Å². The first-order chi connectivity index (χ1) is 16.8. The Bertz CT molecular complexity index is 1230. The number of halogens is 1. The van der Waals surface area contributed by atoms with E-state index in [9.17, 15) is 14.4 Å². The monoisotopic (exact) mass is 536 g/mol. The van der Waals surface area contributed by atoms with E-state index in [2.05, 4.69) is 38.7 Å². The predicted octanol–water partition coefficient (Wildman–Crippen LogP) is 5.79. The molecule has 3 aromatic rings. The van der Waals surface area contributed by atoms with Crippen LogP contribution >= 0.6 is 15.9 Å². The maximum atomic E-state index is 12.8. The molecule has 0 spiro atoms. The Hall–Kier alpha value is -3.65. The van der Waals surface area contributed by atoms with Gasteiger partial charge in [-0.2, -0.15) is 0 Å². The zero-order chi connectivity index (χ0) is 24.9. The Kier molecular flexibility index (Phi) is 7.51. The molecule has 0 saturated carbocycles. The van der Waals surface area contributed by atoms with Gasteiger partial charge in [0, 0.05) is 22.9 Å². The summed E-state index contributed by atoms with van der Waals surface area (Å²) in [5.41, 5.74) is 5.04. The van der Waals surface area contributed by atoms with Gasteiger partial charge in [0.25, 0.3) is 5.91 Å². The van der Waals surface area contributed by atoms with Crippen LogP contribution in [0.5, 0.6) is 0 Å². The highest BCUT2D eigenvalue weighted by molar-refractivity contribution is 9.10. The molecule has 0 aromatic heterocycles. The summed E-state index contributed by atoms with van der Waals surface area (Å²) in [5.74, 6) is -1.41. The number of carboxylic acid groups (broad SMARTS) is 1. The number of carboxylic acids is 1. The zero-order valence-electron chi connectivity index (χ0n) is 19.1. The smallest absolute Gasteiger partial charge is 0.411 e. The van der Waals surface area contributed by atoms with Crippen molar-refractivity contribution in [2.75, 3.05) is 11.9 Å². The fourth-order valence-electron chi connectivity index (χ4n) is 4.28. The van der Waals surface area contributed by atoms with Crippen LogP contribution in [0.1, 0.15) is 47.2 Å². The van der Waals surface area contributed by atoms with Gasteiger partial charge in [0.2, 0.25) is 0 Å². The van der Waals surface area contributed by atoms with Crippen molar-refractivity contribution in [2.45, 2.75) is 31.7 Å². The van der Waals surface area contributed by atoms with E-state index in [4.69, 9.17) is 9.84 Å². The number of anilines is 1. The molecule has 1 unspecified atom stereocenters. The summed E-state index contributed by atoms with van der Waals surface area (Å²) in [6.07, 6.45) is -0.419. The molecule has 1 atom stereocenters. The van der Waals surface area contributed by atoms with Gasteiger partial charge in [-0.1, -0.05) is 64.5 Å². The Labute approximate surface area is 211 Å². The van der Waals surface area contributed by atoms with Gasteiger partial charge in [-0.3, -0.25) is 14.9 Å². The summed E-state index contributed by atoms with van der Waals surface area (Å²) in [6, 6.07) is 20.7. The fourth-order valence-corrected chi connectivity index (χ4v) is 4.64. The molecule has 180 valence electrons. The van der Waals surface area contributed by atoms with E-state index in [1.54, 1.807) is 25.1 Å². The SMILES string of the molecule is CC(CCC(=O)O)NC(=O)c1ccc(Br)cc1NC(=O)OCC1c2ccccc2-c2ccccc21. The minimum absolute atomic E-state index is 0.0490. The third kappa shape index (κ3) is 5.71. The van der Waals surface area contributed by atoms with Crippen LogP contribution in [0.25, 0.3) is 11.1 Å². The third-order valence-corrected chi connectivity index (χ3v) is 6.47. The summed E-state index contributed by atoms with van der Waals surface area (Å²) < 4.78 is 6.28. The molecule has 3 N–H and O–H groups in total. The Morgan fingerprint density at radius 1 is 1.00 bits per heavy atom. The molecule has 1 aliphatic carbocycles. The summed E-state index contributed by atoms with van der Waals surface area (Å²) in [6.45, 7) is 1.89. The molecule has 7 nitrogen and oxygen atoms in total. The zero-order valence-corrected chi connectivity index (χ0v) is 20.7. The van der Waals surface area contributed by atoms with Crippen molar-refractivity contribution in [1.29, 1.82) is 0 Å². The summed E-state index contributed by atoms with van der Waals surface area (Å²) >= 11 is 3.37. The van der Waals surface area contributed by atoms with Crippen LogP contribution in [0.2, 0.25) is 0 Å². The first-order valence-corrected chi connectivity index (χ1v) is 12.1. The van der Waals surface area contributed by atoms with Gasteiger partial charge in [-0.15, -0.1) is 0 Å². The molecule has 0 fully saturated rings. The average molecular weight is 537 g/mol. The molecule has 0 radical (unpaired) electrons. The highest BCUT2D eigenvalue weighted by Gasteiger charge is 2.29. The molecule has 35 heavy (non-hydrogen) atoms. The van der Waals surface area contributed by atoms with Crippen molar-refractivity contribution in [2.24, 2.45) is 0 Å². The van der Waals surface area contributed by atoms with Crippen LogP contribution < -0.4 is 10.6 Å². The molecule has 2 amide bonds. The minimum Gasteiger partial charge on any atom is -0.481 e. The molecule has 0 aliphatic heterocycles. The van der Waals surface area contributed by atoms with Crippen molar-refractivity contribution in [3.63, 3.8) is 0 Å². The van der Waals surface area contributed by atoms with E-state index in [0.717, 1.165) is 22.3 Å². The molecule has 3 aromatic carbocycles. The van der Waals surface area contributed by atoms with E-state index in [1.165, 1.54) is 0 Å². The summed E-state index contributed by atoms with van der Waals surface area (Å²) in [7, 11) is 0. The van der Waals surface area contributed by atoms with Crippen molar-refractivity contribution in [1.82, 2.24) is 5.32 Å². The number of fused-ring (bicyclic) bond motifs is 3. The lowest BCUT2D eigenvalue weighted by atomic mass is 9.98. The molecule has 4 rings (SSSR count). The van der Waals surface area contributed by atoms with E-state index in [0.29, 0.717) is 16.6 Å². The second-order valence-electron chi connectivity index (χ2n) is 8.45. The average Bonchev–Trinajstić information content (AvgIpc) is 3.15. The van der Waals surface area contributed by atoms with Crippen LogP contribution in [0.4, 0.5) is 10.5 Å². The van der Waals surface area contributed by atoms with E-state index in [1.807, 2.05) is 36.4 Å². The molecule has 1 aliphatic rings. The number of amides is 2. The number of hydrogen-bond acceptors (Lipinski definition) is 4. The largest absolute Gasteiger partial charge is 0.481 e. The fraction of sp³-hybridized carbons (Fsp3) is 0.222. The van der Waals surface area contributed by atoms with E-state index < -0.39 is 18.0 Å². The molecule has 0 bridgehead atoms. The van der Waals surface area contributed by atoms with Crippen molar-refractivity contribution in [3.8, 4) is 11.1 Å². The predicted molar refractivity (Wildman–Crippen MR) is 137 cm³/mol. The van der Waals surface area contributed by atoms with Crippen molar-refractivity contribution in [3.05, 3.63) is 87.9 Å². The van der Waals surface area contributed by atoms with Crippen LogP contribution in [-0.2, 0) is 9.53 Å². The van der Waals surface area contributed by atoms with Gasteiger partial charge in [-0.25, -0.2) is 4.79 Å². The Morgan fingerprint density at radius 3 is 2.26 bits per heavy atom. The highest BCUT2D eigenvalue weighted by atomic mass is 79.9. The number of ether oxygens (including phenoxy) is 1. The molecule has 0 heterocycles. The molecular weight excluding hydrogens is 512 g/mol. The van der Waals surface area contributed by atoms with Crippen LogP contribution in [-0.4, -0.2) is 35.7 Å². The molecule has 8 heteroatoms. The van der Waals surface area contributed by atoms with Crippen LogP contribution in [0, 0.1) is 0 Å². The number of carbonyl (C=O) groups excluding carboxylic acids is 2. The minimum atomic E-state index is -0.924.